The summed E-state index contributed by atoms with van der Waals surface area (Å²) in [6, 6.07) is 20.1. The van der Waals surface area contributed by atoms with Crippen molar-refractivity contribution >= 4 is 10.9 Å². The largest absolute Gasteiger partial charge is 0.467 e. The number of pyridine rings is 1. The maximum absolute atomic E-state index is 13.6. The van der Waals surface area contributed by atoms with Crippen LogP contribution in [0.5, 0.6) is 0 Å². The second-order valence-electron chi connectivity index (χ2n) is 10.1. The van der Waals surface area contributed by atoms with Gasteiger partial charge in [-0.25, -0.2) is 4.68 Å². The van der Waals surface area contributed by atoms with Crippen LogP contribution >= 0.6 is 0 Å². The van der Waals surface area contributed by atoms with Crippen LogP contribution in [0, 0.1) is 13.8 Å². The Morgan fingerprint density at radius 3 is 2.55 bits per heavy atom. The lowest BCUT2D eigenvalue weighted by molar-refractivity contribution is 0.0997. The number of aromatic nitrogens is 5. The Bertz CT molecular complexity index is 1580. The fourth-order valence-electron chi connectivity index (χ4n) is 5.50. The number of piperazine rings is 1. The molecule has 1 fully saturated rings. The highest BCUT2D eigenvalue weighted by atomic mass is 16.3. The molecule has 0 bridgehead atoms. The zero-order chi connectivity index (χ0) is 26.1. The molecule has 38 heavy (non-hydrogen) atoms. The zero-order valence-electron chi connectivity index (χ0n) is 21.7. The van der Waals surface area contributed by atoms with E-state index in [1.807, 2.05) is 31.2 Å². The molecule has 4 heterocycles. The second kappa shape index (κ2) is 10.4. The predicted molar refractivity (Wildman–Crippen MR) is 145 cm³/mol. The number of furan rings is 1. The summed E-state index contributed by atoms with van der Waals surface area (Å²) in [6.45, 7) is 8.74. The zero-order valence-corrected chi connectivity index (χ0v) is 21.7. The van der Waals surface area contributed by atoms with Crippen LogP contribution in [0.25, 0.3) is 10.9 Å². The van der Waals surface area contributed by atoms with E-state index in [0.29, 0.717) is 17.9 Å². The van der Waals surface area contributed by atoms with Gasteiger partial charge in [-0.15, -0.1) is 5.10 Å². The summed E-state index contributed by atoms with van der Waals surface area (Å²) in [5, 5.41) is 13.7. The van der Waals surface area contributed by atoms with E-state index in [9.17, 15) is 4.79 Å². The number of rotatable bonds is 7. The normalized spacial score (nSPS) is 15.7. The highest BCUT2D eigenvalue weighted by Gasteiger charge is 2.33. The van der Waals surface area contributed by atoms with Gasteiger partial charge in [0.1, 0.15) is 18.3 Å². The molecule has 3 aromatic heterocycles. The van der Waals surface area contributed by atoms with Gasteiger partial charge in [0.2, 0.25) is 0 Å². The minimum Gasteiger partial charge on any atom is -0.467 e. The number of fused-ring (bicyclic) bond motifs is 1. The SMILES string of the molecule is Cc1cc(C)c2[nH]c(=O)c(C(c3nnnn3Cc3ccco3)N3CCN(Cc4ccccc4)CC3)cc2c1. The van der Waals surface area contributed by atoms with E-state index in [-0.39, 0.29) is 5.56 Å². The van der Waals surface area contributed by atoms with Crippen LogP contribution in [0.15, 0.2) is 76.1 Å². The number of hydrogen-bond acceptors (Lipinski definition) is 7. The minimum absolute atomic E-state index is 0.117. The van der Waals surface area contributed by atoms with Gasteiger partial charge in [0.05, 0.1) is 11.8 Å². The van der Waals surface area contributed by atoms with E-state index in [4.69, 9.17) is 4.42 Å². The average Bonchev–Trinajstić information content (AvgIpc) is 3.60. The van der Waals surface area contributed by atoms with Crippen LogP contribution in [-0.4, -0.2) is 61.2 Å². The van der Waals surface area contributed by atoms with E-state index in [1.165, 1.54) is 5.56 Å². The topological polar surface area (TPSA) is 96.1 Å². The van der Waals surface area contributed by atoms with Crippen molar-refractivity contribution in [3.63, 3.8) is 0 Å². The first-order chi connectivity index (χ1) is 18.5. The highest BCUT2D eigenvalue weighted by molar-refractivity contribution is 5.83. The van der Waals surface area contributed by atoms with Crippen LogP contribution in [-0.2, 0) is 13.1 Å². The van der Waals surface area contributed by atoms with Crippen molar-refractivity contribution in [1.82, 2.24) is 35.0 Å². The molecule has 0 amide bonds. The molecule has 1 N–H and O–H groups in total. The second-order valence-corrected chi connectivity index (χ2v) is 10.1. The fourth-order valence-corrected chi connectivity index (χ4v) is 5.50. The molecule has 194 valence electrons. The van der Waals surface area contributed by atoms with Crippen LogP contribution < -0.4 is 5.56 Å². The summed E-state index contributed by atoms with van der Waals surface area (Å²) in [5.41, 5.74) is 4.91. The molecule has 1 aliphatic heterocycles. The predicted octanol–water partition coefficient (Wildman–Crippen LogP) is 3.68. The minimum atomic E-state index is -0.396. The molecule has 0 radical (unpaired) electrons. The summed E-state index contributed by atoms with van der Waals surface area (Å²) < 4.78 is 7.31. The highest BCUT2D eigenvalue weighted by Crippen LogP contribution is 2.29. The van der Waals surface area contributed by atoms with Gasteiger partial charge in [-0.2, -0.15) is 0 Å². The van der Waals surface area contributed by atoms with Crippen molar-refractivity contribution in [1.29, 1.82) is 0 Å². The molecule has 6 rings (SSSR count). The van der Waals surface area contributed by atoms with Gasteiger partial charge in [0, 0.05) is 38.3 Å². The van der Waals surface area contributed by atoms with E-state index in [2.05, 4.69) is 73.6 Å². The standard InChI is InChI=1S/C29H31N7O2/c1-20-15-21(2)26-23(16-20)17-25(29(37)30-26)27(28-31-32-33-36(28)19-24-9-6-14-38-24)35-12-10-34(11-13-35)18-22-7-4-3-5-8-22/h3-9,14-17,27H,10-13,18-19H2,1-2H3,(H,30,37). The Hall–Kier alpha value is -4.08. The number of nitrogens with one attached hydrogen (secondary N) is 1. The van der Waals surface area contributed by atoms with Crippen molar-refractivity contribution in [2.75, 3.05) is 26.2 Å². The van der Waals surface area contributed by atoms with Gasteiger partial charge in [0.25, 0.3) is 5.56 Å². The third-order valence-corrected chi connectivity index (χ3v) is 7.33. The van der Waals surface area contributed by atoms with Crippen LogP contribution in [0.3, 0.4) is 0 Å². The number of nitrogens with zero attached hydrogens (tertiary/aromatic N) is 6. The summed E-state index contributed by atoms with van der Waals surface area (Å²) in [4.78, 5) is 21.5. The first-order valence-corrected chi connectivity index (χ1v) is 13.0. The van der Waals surface area contributed by atoms with Gasteiger partial charge in [-0.3, -0.25) is 14.6 Å². The molecule has 1 atom stereocenters. The number of aryl methyl sites for hydroxylation is 2. The molecule has 0 spiro atoms. The monoisotopic (exact) mass is 509 g/mol. The molecular weight excluding hydrogens is 478 g/mol. The number of H-pyrrole nitrogens is 1. The lowest BCUT2D eigenvalue weighted by Gasteiger charge is -2.38. The first kappa shape index (κ1) is 24.3. The molecule has 5 aromatic rings. The Kier molecular flexibility index (Phi) is 6.61. The van der Waals surface area contributed by atoms with Crippen LogP contribution in [0.2, 0.25) is 0 Å². The average molecular weight is 510 g/mol. The van der Waals surface area contributed by atoms with Crippen molar-refractivity contribution in [2.45, 2.75) is 33.0 Å². The molecule has 0 saturated carbocycles. The Labute approximate surface area is 220 Å². The molecule has 1 saturated heterocycles. The van der Waals surface area contributed by atoms with Crippen LogP contribution in [0.1, 0.15) is 39.9 Å². The smallest absolute Gasteiger partial charge is 0.253 e. The maximum Gasteiger partial charge on any atom is 0.253 e. The van der Waals surface area contributed by atoms with Gasteiger partial charge in [0.15, 0.2) is 5.82 Å². The summed E-state index contributed by atoms with van der Waals surface area (Å²) in [6.07, 6.45) is 1.64. The Morgan fingerprint density at radius 2 is 1.79 bits per heavy atom. The molecule has 2 aromatic carbocycles. The lowest BCUT2D eigenvalue weighted by Crippen LogP contribution is -2.48. The number of benzene rings is 2. The number of tetrazole rings is 1. The van der Waals surface area contributed by atoms with Gasteiger partial charge in [-0.05, 0) is 65.1 Å². The van der Waals surface area contributed by atoms with Gasteiger partial charge < -0.3 is 9.40 Å². The summed E-state index contributed by atoms with van der Waals surface area (Å²) in [7, 11) is 0. The maximum atomic E-state index is 13.6. The Morgan fingerprint density at radius 1 is 0.974 bits per heavy atom. The van der Waals surface area contributed by atoms with Gasteiger partial charge >= 0.3 is 0 Å². The fraction of sp³-hybridized carbons (Fsp3) is 0.310. The molecule has 0 aliphatic carbocycles. The van der Waals surface area contributed by atoms with E-state index >= 15 is 0 Å². The van der Waals surface area contributed by atoms with E-state index < -0.39 is 6.04 Å². The number of aromatic amines is 1. The van der Waals surface area contributed by atoms with Crippen molar-refractivity contribution < 1.29 is 4.42 Å². The summed E-state index contributed by atoms with van der Waals surface area (Å²) in [5.74, 6) is 1.38. The molecule has 1 aliphatic rings. The van der Waals surface area contributed by atoms with Gasteiger partial charge in [-0.1, -0.05) is 42.0 Å². The van der Waals surface area contributed by atoms with E-state index in [1.54, 1.807) is 10.9 Å². The van der Waals surface area contributed by atoms with Crippen molar-refractivity contribution in [3.05, 3.63) is 111 Å². The summed E-state index contributed by atoms with van der Waals surface area (Å²) >= 11 is 0. The Balaban J connectivity index is 1.36. The third kappa shape index (κ3) is 4.90. The molecule has 9 heteroatoms. The van der Waals surface area contributed by atoms with Crippen LogP contribution in [0.4, 0.5) is 0 Å². The molecular formula is C29H31N7O2. The quantitative estimate of drug-likeness (QED) is 0.358. The lowest BCUT2D eigenvalue weighted by atomic mass is 10.00. The third-order valence-electron chi connectivity index (χ3n) is 7.33. The van der Waals surface area contributed by atoms with Crippen molar-refractivity contribution in [3.8, 4) is 0 Å². The molecule has 9 nitrogen and oxygen atoms in total. The molecule has 1 unspecified atom stereocenters. The van der Waals surface area contributed by atoms with E-state index in [0.717, 1.165) is 60.5 Å². The number of hydrogen-bond donors (Lipinski definition) is 1. The first-order valence-electron chi connectivity index (χ1n) is 13.0. The van der Waals surface area contributed by atoms with Crippen molar-refractivity contribution in [2.24, 2.45) is 0 Å².